The molecule has 3 N–H and O–H groups in total. The first kappa shape index (κ1) is 24.2. The third-order valence-electron chi connectivity index (χ3n) is 5.44. The van der Waals surface area contributed by atoms with E-state index < -0.39 is 17.6 Å². The number of fused-ring (bicyclic) bond motifs is 1. The molecular weight excluding hydrogens is 449 g/mol. The summed E-state index contributed by atoms with van der Waals surface area (Å²) in [5.41, 5.74) is 6.34. The maximum Gasteiger partial charge on any atom is 0.269 e. The van der Waals surface area contributed by atoms with Gasteiger partial charge < -0.3 is 16.0 Å². The number of hydrogen-bond acceptors (Lipinski definition) is 4. The second-order valence-corrected chi connectivity index (χ2v) is 8.06. The van der Waals surface area contributed by atoms with E-state index in [1.54, 1.807) is 30.3 Å². The number of halogens is 2. The number of rotatable bonds is 9. The number of carbonyl (C=O) groups excluding carboxylic acids is 3. The number of carbonyl (C=O) groups is 3. The number of nitrogens with one attached hydrogen (secondary N) is 1. The van der Waals surface area contributed by atoms with Gasteiger partial charge in [0.15, 0.2) is 5.69 Å². The molecule has 10 heteroatoms. The first-order chi connectivity index (χ1) is 15.7. The summed E-state index contributed by atoms with van der Waals surface area (Å²) in [6.07, 6.45) is 0.619. The summed E-state index contributed by atoms with van der Waals surface area (Å²) in [6, 6.07) is 11.3. The number of hydrogen-bond donors (Lipinski definition) is 2. The van der Waals surface area contributed by atoms with Crippen LogP contribution in [0.5, 0.6) is 0 Å². The fourth-order valence-electron chi connectivity index (χ4n) is 3.45. The van der Waals surface area contributed by atoms with Crippen molar-refractivity contribution in [3.05, 3.63) is 64.6 Å². The van der Waals surface area contributed by atoms with E-state index in [0.717, 1.165) is 0 Å². The van der Waals surface area contributed by atoms with Crippen molar-refractivity contribution in [1.29, 1.82) is 0 Å². The van der Waals surface area contributed by atoms with Crippen LogP contribution >= 0.6 is 11.6 Å². The molecule has 0 saturated heterocycles. The predicted molar refractivity (Wildman–Crippen MR) is 123 cm³/mol. The van der Waals surface area contributed by atoms with Crippen LogP contribution in [0.3, 0.4) is 0 Å². The Labute approximate surface area is 195 Å². The van der Waals surface area contributed by atoms with Crippen LogP contribution in [0.4, 0.5) is 4.39 Å². The van der Waals surface area contributed by atoms with Gasteiger partial charge in [-0.3, -0.25) is 19.1 Å². The topological polar surface area (TPSA) is 110 Å². The van der Waals surface area contributed by atoms with Crippen LogP contribution in [0.15, 0.2) is 42.5 Å². The van der Waals surface area contributed by atoms with Crippen molar-refractivity contribution in [3.8, 4) is 0 Å². The van der Waals surface area contributed by atoms with E-state index in [4.69, 9.17) is 17.3 Å². The molecule has 3 amide bonds. The van der Waals surface area contributed by atoms with Crippen molar-refractivity contribution in [2.24, 2.45) is 5.73 Å². The Bertz CT molecular complexity index is 1200. The Morgan fingerprint density at radius 1 is 1.21 bits per heavy atom. The van der Waals surface area contributed by atoms with Crippen molar-refractivity contribution >= 4 is 40.2 Å². The lowest BCUT2D eigenvalue weighted by Crippen LogP contribution is -2.46. The van der Waals surface area contributed by atoms with Gasteiger partial charge in [0.05, 0.1) is 17.1 Å². The average Bonchev–Trinajstić information content (AvgIpc) is 3.16. The molecule has 1 aromatic heterocycles. The Morgan fingerprint density at radius 2 is 1.94 bits per heavy atom. The average molecular weight is 474 g/mol. The molecule has 174 valence electrons. The standard InChI is InChI=1S/C23H25ClFN5O3/c1-3-14(2)29(12-19(31)27-11-15-7-6-9-17(24)21(15)25)20(32)13-30-18-10-5-4-8-16(18)22(28-30)23(26)33/h4-10,14H,3,11-13H2,1-2H3,(H2,26,33)(H,27,31)/t14-/m0/s1. The molecule has 0 fully saturated rings. The van der Waals surface area contributed by atoms with Crippen LogP contribution in [0.25, 0.3) is 10.9 Å². The largest absolute Gasteiger partial charge is 0.364 e. The van der Waals surface area contributed by atoms with Crippen LogP contribution < -0.4 is 11.1 Å². The van der Waals surface area contributed by atoms with Crippen LogP contribution in [-0.4, -0.2) is 45.0 Å². The molecule has 0 unspecified atom stereocenters. The van der Waals surface area contributed by atoms with Gasteiger partial charge >= 0.3 is 0 Å². The highest BCUT2D eigenvalue weighted by Gasteiger charge is 2.24. The highest BCUT2D eigenvalue weighted by Crippen LogP contribution is 2.19. The molecule has 0 saturated carbocycles. The van der Waals surface area contributed by atoms with E-state index in [2.05, 4.69) is 10.4 Å². The molecule has 0 aliphatic rings. The summed E-state index contributed by atoms with van der Waals surface area (Å²) < 4.78 is 15.5. The van der Waals surface area contributed by atoms with Crippen LogP contribution in [-0.2, 0) is 22.7 Å². The van der Waals surface area contributed by atoms with Gasteiger partial charge in [0, 0.05) is 23.5 Å². The lowest BCUT2D eigenvalue weighted by atomic mass is 10.2. The lowest BCUT2D eigenvalue weighted by Gasteiger charge is -2.28. The molecule has 33 heavy (non-hydrogen) atoms. The van der Waals surface area contributed by atoms with Crippen molar-refractivity contribution < 1.29 is 18.8 Å². The predicted octanol–water partition coefficient (Wildman–Crippen LogP) is 2.87. The van der Waals surface area contributed by atoms with Gasteiger partial charge in [-0.25, -0.2) is 4.39 Å². The number of amides is 3. The van der Waals surface area contributed by atoms with E-state index in [-0.39, 0.29) is 47.9 Å². The summed E-state index contributed by atoms with van der Waals surface area (Å²) in [4.78, 5) is 38.9. The van der Waals surface area contributed by atoms with Crippen molar-refractivity contribution in [2.75, 3.05) is 6.54 Å². The minimum Gasteiger partial charge on any atom is -0.364 e. The summed E-state index contributed by atoms with van der Waals surface area (Å²) in [5.74, 6) is -2.07. The molecule has 0 aliphatic carbocycles. The van der Waals surface area contributed by atoms with Crippen LogP contribution in [0, 0.1) is 5.82 Å². The number of nitrogens with zero attached hydrogens (tertiary/aromatic N) is 3. The summed E-state index contributed by atoms with van der Waals surface area (Å²) in [6.45, 7) is 3.29. The number of primary amides is 1. The quantitative estimate of drug-likeness (QED) is 0.497. The van der Waals surface area contributed by atoms with Gasteiger partial charge in [0.1, 0.15) is 12.4 Å². The number of para-hydroxylation sites is 1. The minimum atomic E-state index is -0.691. The SMILES string of the molecule is CC[C@H](C)N(CC(=O)NCc1cccc(Cl)c1F)C(=O)Cn1nc(C(N)=O)c2ccccc21. The first-order valence-corrected chi connectivity index (χ1v) is 10.8. The second-order valence-electron chi connectivity index (χ2n) is 7.66. The maximum atomic E-state index is 14.1. The second kappa shape index (κ2) is 10.4. The molecule has 3 aromatic rings. The smallest absolute Gasteiger partial charge is 0.269 e. The van der Waals surface area contributed by atoms with E-state index in [1.807, 2.05) is 13.8 Å². The maximum absolute atomic E-state index is 14.1. The van der Waals surface area contributed by atoms with Gasteiger partial charge in [0.25, 0.3) is 5.91 Å². The number of nitrogens with two attached hydrogens (primary N) is 1. The molecule has 1 heterocycles. The molecule has 8 nitrogen and oxygen atoms in total. The normalized spacial score (nSPS) is 11.9. The zero-order valence-electron chi connectivity index (χ0n) is 18.3. The zero-order valence-corrected chi connectivity index (χ0v) is 19.1. The molecule has 0 spiro atoms. The highest BCUT2D eigenvalue weighted by atomic mass is 35.5. The van der Waals surface area contributed by atoms with Crippen molar-refractivity contribution in [3.63, 3.8) is 0 Å². The first-order valence-electron chi connectivity index (χ1n) is 10.5. The fourth-order valence-corrected chi connectivity index (χ4v) is 3.64. The Morgan fingerprint density at radius 3 is 2.64 bits per heavy atom. The van der Waals surface area contributed by atoms with Gasteiger partial charge in [-0.1, -0.05) is 48.9 Å². The van der Waals surface area contributed by atoms with Gasteiger partial charge in [-0.05, 0) is 25.5 Å². The van der Waals surface area contributed by atoms with E-state index in [9.17, 15) is 18.8 Å². The van der Waals surface area contributed by atoms with Gasteiger partial charge in [-0.2, -0.15) is 5.10 Å². The fraction of sp³-hybridized carbons (Fsp3) is 0.304. The number of benzene rings is 2. The van der Waals surface area contributed by atoms with Gasteiger partial charge in [-0.15, -0.1) is 0 Å². The molecule has 2 aromatic carbocycles. The Kier molecular flexibility index (Phi) is 7.65. The van der Waals surface area contributed by atoms with Gasteiger partial charge in [0.2, 0.25) is 11.8 Å². The molecular formula is C23H25ClFN5O3. The van der Waals surface area contributed by atoms with E-state index in [0.29, 0.717) is 17.3 Å². The van der Waals surface area contributed by atoms with Crippen molar-refractivity contribution in [2.45, 2.75) is 39.4 Å². The monoisotopic (exact) mass is 473 g/mol. The minimum absolute atomic E-state index is 0.0278. The Hall–Kier alpha value is -3.46. The van der Waals surface area contributed by atoms with Crippen LogP contribution in [0.2, 0.25) is 5.02 Å². The summed E-state index contributed by atoms with van der Waals surface area (Å²) in [5, 5.41) is 7.36. The van der Waals surface area contributed by atoms with Crippen molar-refractivity contribution in [1.82, 2.24) is 20.0 Å². The number of aromatic nitrogens is 2. The van der Waals surface area contributed by atoms with Crippen LogP contribution in [0.1, 0.15) is 36.3 Å². The molecule has 3 rings (SSSR count). The molecule has 0 aliphatic heterocycles. The third-order valence-corrected chi connectivity index (χ3v) is 5.73. The summed E-state index contributed by atoms with van der Waals surface area (Å²) in [7, 11) is 0. The lowest BCUT2D eigenvalue weighted by molar-refractivity contribution is -0.138. The molecule has 1 atom stereocenters. The molecule has 0 bridgehead atoms. The van der Waals surface area contributed by atoms with E-state index in [1.165, 1.54) is 21.7 Å². The zero-order chi connectivity index (χ0) is 24.1. The highest BCUT2D eigenvalue weighted by molar-refractivity contribution is 6.30. The third kappa shape index (κ3) is 5.48. The molecule has 0 radical (unpaired) electrons. The van der Waals surface area contributed by atoms with E-state index >= 15 is 0 Å². The summed E-state index contributed by atoms with van der Waals surface area (Å²) >= 11 is 5.78. The Balaban J connectivity index is 1.74.